The SMILES string of the molecule is CCCC1=C(C)C2=Cc3ccc(-c4ccc(OC)cc4)n3[B-](F)(F)[N+]2=C1C. The van der Waals surface area contributed by atoms with Crippen molar-refractivity contribution in [2.75, 3.05) is 7.11 Å². The van der Waals surface area contributed by atoms with Gasteiger partial charge in [-0.15, -0.1) is 0 Å². The van der Waals surface area contributed by atoms with Gasteiger partial charge >= 0.3 is 6.97 Å². The highest BCUT2D eigenvalue weighted by Crippen LogP contribution is 2.40. The van der Waals surface area contributed by atoms with Crippen LogP contribution in [0.3, 0.4) is 0 Å². The fourth-order valence-corrected chi connectivity index (χ4v) is 4.31. The van der Waals surface area contributed by atoms with Crippen LogP contribution in [-0.4, -0.2) is 28.8 Å². The maximum Gasteiger partial charge on any atom is 0.737 e. The topological polar surface area (TPSA) is 17.2 Å². The number of hydrogen-bond acceptors (Lipinski definition) is 1. The number of methoxy groups -OCH3 is 1. The van der Waals surface area contributed by atoms with Crippen LogP contribution < -0.4 is 4.74 Å². The highest BCUT2D eigenvalue weighted by Gasteiger charge is 2.54. The van der Waals surface area contributed by atoms with Crippen molar-refractivity contribution in [3.8, 4) is 17.0 Å². The maximum atomic E-state index is 15.8. The summed E-state index contributed by atoms with van der Waals surface area (Å²) < 4.78 is 39.1. The average molecular weight is 368 g/mol. The van der Waals surface area contributed by atoms with Crippen LogP contribution in [0, 0.1) is 0 Å². The lowest BCUT2D eigenvalue weighted by molar-refractivity contribution is -0.362. The Balaban J connectivity index is 1.89. The Kier molecular flexibility index (Phi) is 4.09. The van der Waals surface area contributed by atoms with Crippen LogP contribution in [-0.2, 0) is 0 Å². The van der Waals surface area contributed by atoms with Crippen LogP contribution in [0.2, 0.25) is 0 Å². The zero-order chi connectivity index (χ0) is 19.3. The molecule has 0 atom stereocenters. The van der Waals surface area contributed by atoms with Crippen LogP contribution >= 0.6 is 0 Å². The number of halogens is 2. The van der Waals surface area contributed by atoms with Gasteiger partial charge in [-0.25, -0.2) is 0 Å². The molecule has 0 spiro atoms. The molecule has 0 radical (unpaired) electrons. The summed E-state index contributed by atoms with van der Waals surface area (Å²) >= 11 is 0. The van der Waals surface area contributed by atoms with Crippen LogP contribution in [0.5, 0.6) is 5.75 Å². The van der Waals surface area contributed by atoms with E-state index in [1.54, 1.807) is 31.4 Å². The van der Waals surface area contributed by atoms with E-state index in [1.165, 1.54) is 8.96 Å². The van der Waals surface area contributed by atoms with Gasteiger partial charge in [-0.3, -0.25) is 0 Å². The van der Waals surface area contributed by atoms with E-state index in [9.17, 15) is 0 Å². The minimum absolute atomic E-state index is 0.516. The molecule has 0 unspecified atom stereocenters. The number of rotatable bonds is 4. The van der Waals surface area contributed by atoms with Crippen molar-refractivity contribution in [2.24, 2.45) is 0 Å². The molecule has 27 heavy (non-hydrogen) atoms. The largest absolute Gasteiger partial charge is 0.737 e. The van der Waals surface area contributed by atoms with Gasteiger partial charge in [-0.1, -0.05) is 13.3 Å². The number of benzene rings is 1. The number of nitrogens with zero attached hydrogens (tertiary/aromatic N) is 2. The lowest BCUT2D eigenvalue weighted by Crippen LogP contribution is -2.50. The fourth-order valence-electron chi connectivity index (χ4n) is 4.31. The summed E-state index contributed by atoms with van der Waals surface area (Å²) in [5.41, 5.74) is 5.12. The molecule has 0 saturated heterocycles. The molecule has 0 N–H and O–H groups in total. The van der Waals surface area contributed by atoms with Gasteiger partial charge in [0.25, 0.3) is 0 Å². The molecule has 3 nitrogen and oxygen atoms in total. The average Bonchev–Trinajstić information content (AvgIpc) is 3.18. The number of ether oxygens (including phenoxy) is 1. The van der Waals surface area contributed by atoms with Crippen molar-refractivity contribution >= 4 is 18.8 Å². The number of allylic oxidation sites excluding steroid dienone is 2. The number of hydrogen-bond donors (Lipinski definition) is 0. The first kappa shape index (κ1) is 17.8. The Morgan fingerprint density at radius 1 is 1.07 bits per heavy atom. The smallest absolute Gasteiger partial charge is 0.497 e. The quantitative estimate of drug-likeness (QED) is 0.666. The van der Waals surface area contributed by atoms with Crippen molar-refractivity contribution in [1.29, 1.82) is 0 Å². The molecule has 0 bridgehead atoms. The lowest BCUT2D eigenvalue weighted by atomic mass is 9.89. The van der Waals surface area contributed by atoms with Gasteiger partial charge < -0.3 is 22.3 Å². The van der Waals surface area contributed by atoms with Gasteiger partial charge in [0.15, 0.2) is 5.70 Å². The summed E-state index contributed by atoms with van der Waals surface area (Å²) in [6, 6.07) is 10.8. The Labute approximate surface area is 158 Å². The van der Waals surface area contributed by atoms with Gasteiger partial charge in [0.05, 0.1) is 7.11 Å². The summed E-state index contributed by atoms with van der Waals surface area (Å²) in [4.78, 5) is 0. The predicted molar refractivity (Wildman–Crippen MR) is 106 cm³/mol. The first-order chi connectivity index (χ1) is 12.9. The molecule has 140 valence electrons. The van der Waals surface area contributed by atoms with Gasteiger partial charge in [-0.05, 0) is 55.3 Å². The number of aromatic nitrogens is 1. The van der Waals surface area contributed by atoms with E-state index in [0.29, 0.717) is 28.5 Å². The second-order valence-electron chi connectivity index (χ2n) is 7.17. The Bertz CT molecular complexity index is 1010. The third-order valence-corrected chi connectivity index (χ3v) is 5.64. The monoisotopic (exact) mass is 368 g/mol. The molecule has 3 heterocycles. The molecule has 0 amide bonds. The van der Waals surface area contributed by atoms with E-state index in [1.807, 2.05) is 32.1 Å². The van der Waals surface area contributed by atoms with E-state index in [-0.39, 0.29) is 0 Å². The summed E-state index contributed by atoms with van der Waals surface area (Å²) in [5.74, 6) is 0.705. The fraction of sp³-hybridized carbons (Fsp3) is 0.286. The third-order valence-electron chi connectivity index (χ3n) is 5.64. The van der Waals surface area contributed by atoms with Crippen molar-refractivity contribution in [3.63, 3.8) is 0 Å². The van der Waals surface area contributed by atoms with Crippen molar-refractivity contribution in [2.45, 2.75) is 33.6 Å². The zero-order valence-electron chi connectivity index (χ0n) is 16.1. The highest BCUT2D eigenvalue weighted by atomic mass is 19.2. The predicted octanol–water partition coefficient (Wildman–Crippen LogP) is 5.34. The highest BCUT2D eigenvalue weighted by molar-refractivity contribution is 6.58. The minimum atomic E-state index is -3.97. The lowest BCUT2D eigenvalue weighted by Gasteiger charge is -2.31. The summed E-state index contributed by atoms with van der Waals surface area (Å²) in [6.07, 6.45) is 3.64. The van der Waals surface area contributed by atoms with Crippen molar-refractivity contribution < 1.29 is 17.9 Å². The molecule has 4 rings (SSSR count). The van der Waals surface area contributed by atoms with Gasteiger partial charge in [-0.2, -0.15) is 0 Å². The van der Waals surface area contributed by atoms with Crippen LogP contribution in [0.15, 0.2) is 53.2 Å². The third kappa shape index (κ3) is 2.50. The molecular weight excluding hydrogens is 345 g/mol. The Morgan fingerprint density at radius 3 is 2.41 bits per heavy atom. The molecule has 2 aliphatic rings. The second kappa shape index (κ2) is 6.22. The van der Waals surface area contributed by atoms with Crippen LogP contribution in [0.4, 0.5) is 8.63 Å². The Hall–Kier alpha value is -2.63. The standard InChI is InChI=1S/C21H23BF2N2O/c1-5-6-19-14(2)21-13-17-9-12-20(16-7-10-18(27-4)11-8-16)26(17)22(23,24)25(21)15(19)3/h7-13H,5-6H2,1-4H3. The molecule has 0 saturated carbocycles. The summed E-state index contributed by atoms with van der Waals surface area (Å²) in [6.45, 7) is 1.88. The molecule has 6 heteroatoms. The van der Waals surface area contributed by atoms with E-state index < -0.39 is 6.97 Å². The zero-order valence-corrected chi connectivity index (χ0v) is 16.1. The van der Waals surface area contributed by atoms with Gasteiger partial charge in [0.2, 0.25) is 0 Å². The second-order valence-corrected chi connectivity index (χ2v) is 7.17. The molecule has 2 aromatic rings. The summed E-state index contributed by atoms with van der Waals surface area (Å²) in [5, 5.41) is 0. The summed E-state index contributed by atoms with van der Waals surface area (Å²) in [7, 11) is 1.59. The maximum absolute atomic E-state index is 15.8. The van der Waals surface area contributed by atoms with Crippen molar-refractivity contribution in [3.05, 3.63) is 58.9 Å². The van der Waals surface area contributed by atoms with Gasteiger partial charge in [0.1, 0.15) is 11.5 Å². The Morgan fingerprint density at radius 2 is 1.78 bits per heavy atom. The van der Waals surface area contributed by atoms with E-state index >= 15 is 8.63 Å². The first-order valence-electron chi connectivity index (χ1n) is 9.33. The molecule has 0 aliphatic carbocycles. The van der Waals surface area contributed by atoms with E-state index in [0.717, 1.165) is 29.6 Å². The van der Waals surface area contributed by atoms with Gasteiger partial charge in [0, 0.05) is 35.5 Å². The molecular formula is C21H23BF2N2O. The molecule has 2 aliphatic heterocycles. The van der Waals surface area contributed by atoms with E-state index in [4.69, 9.17) is 4.74 Å². The van der Waals surface area contributed by atoms with E-state index in [2.05, 4.69) is 6.92 Å². The first-order valence-corrected chi connectivity index (χ1v) is 9.33. The molecule has 0 fully saturated rings. The van der Waals surface area contributed by atoms with Crippen LogP contribution in [0.1, 0.15) is 39.3 Å². The van der Waals surface area contributed by atoms with Crippen molar-refractivity contribution in [1.82, 2.24) is 4.48 Å². The number of fused-ring (bicyclic) bond motifs is 2. The molecule has 1 aromatic heterocycles. The normalized spacial score (nSPS) is 17.8. The minimum Gasteiger partial charge on any atom is -0.497 e. The molecule has 1 aromatic carbocycles. The van der Waals surface area contributed by atoms with Crippen LogP contribution in [0.25, 0.3) is 17.3 Å².